The van der Waals surface area contributed by atoms with Gasteiger partial charge in [-0.15, -0.1) is 0 Å². The monoisotopic (exact) mass is 282 g/mol. The lowest BCUT2D eigenvalue weighted by atomic mass is 10.0. The Morgan fingerprint density at radius 2 is 2.33 bits per heavy atom. The summed E-state index contributed by atoms with van der Waals surface area (Å²) in [6, 6.07) is 0.482. The zero-order chi connectivity index (χ0) is 9.30. The molecule has 70 valence electrons. The van der Waals surface area contributed by atoms with E-state index < -0.39 is 0 Å². The summed E-state index contributed by atoms with van der Waals surface area (Å²) in [7, 11) is 0. The Bertz CT molecular complexity index is 186. The first-order chi connectivity index (χ1) is 5.57. The molecule has 3 nitrogen and oxygen atoms in total. The van der Waals surface area contributed by atoms with Crippen LogP contribution in [0.2, 0.25) is 0 Å². The van der Waals surface area contributed by atoms with Crippen molar-refractivity contribution in [2.75, 3.05) is 11.0 Å². The van der Waals surface area contributed by atoms with Crippen LogP contribution in [-0.4, -0.2) is 33.9 Å². The average molecular weight is 282 g/mol. The first kappa shape index (κ1) is 10.2. The van der Waals surface area contributed by atoms with Gasteiger partial charge in [0, 0.05) is 35.9 Å². The van der Waals surface area contributed by atoms with E-state index in [4.69, 9.17) is 5.73 Å². The number of amides is 1. The molecule has 1 fully saturated rings. The number of halogens is 1. The maximum absolute atomic E-state index is 11.1. The van der Waals surface area contributed by atoms with Crippen LogP contribution in [0.4, 0.5) is 0 Å². The molecule has 2 N–H and O–H groups in total. The quantitative estimate of drug-likeness (QED) is 0.566. The van der Waals surface area contributed by atoms with Gasteiger partial charge in [0.25, 0.3) is 0 Å². The number of hydrogen-bond donors (Lipinski definition) is 1. The van der Waals surface area contributed by atoms with Crippen molar-refractivity contribution in [1.29, 1.82) is 0 Å². The van der Waals surface area contributed by atoms with Gasteiger partial charge in [0.1, 0.15) is 0 Å². The summed E-state index contributed by atoms with van der Waals surface area (Å²) in [6.07, 6.45) is 0. The molecule has 3 unspecified atom stereocenters. The smallest absolute Gasteiger partial charge is 0.219 e. The van der Waals surface area contributed by atoms with Crippen LogP contribution in [-0.2, 0) is 4.79 Å². The summed E-state index contributed by atoms with van der Waals surface area (Å²) in [4.78, 5) is 13.0. The number of rotatable bonds is 1. The molecule has 1 aliphatic rings. The van der Waals surface area contributed by atoms with Crippen molar-refractivity contribution in [3.63, 3.8) is 0 Å². The second-order valence-corrected chi connectivity index (χ2v) is 4.27. The summed E-state index contributed by atoms with van der Waals surface area (Å²) in [5.41, 5.74) is 5.91. The topological polar surface area (TPSA) is 46.3 Å². The molecule has 1 aliphatic heterocycles. The maximum atomic E-state index is 11.1. The van der Waals surface area contributed by atoms with E-state index in [0.29, 0.717) is 12.0 Å². The average Bonchev–Trinajstić information content (AvgIpc) is 2.27. The second-order valence-electron chi connectivity index (χ2n) is 3.39. The van der Waals surface area contributed by atoms with Crippen LogP contribution >= 0.6 is 22.6 Å². The Balaban J connectivity index is 2.68. The molecular weight excluding hydrogens is 267 g/mol. The van der Waals surface area contributed by atoms with Gasteiger partial charge < -0.3 is 10.6 Å². The molecule has 1 amide bonds. The van der Waals surface area contributed by atoms with Crippen LogP contribution in [0.25, 0.3) is 0 Å². The largest absolute Gasteiger partial charge is 0.338 e. The highest BCUT2D eigenvalue weighted by Gasteiger charge is 2.37. The summed E-state index contributed by atoms with van der Waals surface area (Å²) in [6.45, 7) is 4.42. The molecule has 0 aromatic carbocycles. The van der Waals surface area contributed by atoms with Crippen LogP contribution in [0, 0.1) is 5.92 Å². The van der Waals surface area contributed by atoms with Crippen molar-refractivity contribution in [3.05, 3.63) is 0 Å². The molecule has 0 spiro atoms. The summed E-state index contributed by atoms with van der Waals surface area (Å²) in [5, 5.41) is 0. The van der Waals surface area contributed by atoms with E-state index in [-0.39, 0.29) is 11.9 Å². The summed E-state index contributed by atoms with van der Waals surface area (Å²) < 4.78 is 1.03. The van der Waals surface area contributed by atoms with Gasteiger partial charge in [-0.3, -0.25) is 4.79 Å². The Labute approximate surface area is 86.8 Å². The number of nitrogens with two attached hydrogens (primary N) is 1. The third-order valence-electron chi connectivity index (χ3n) is 2.65. The zero-order valence-corrected chi connectivity index (χ0v) is 9.61. The van der Waals surface area contributed by atoms with Crippen molar-refractivity contribution in [2.24, 2.45) is 11.7 Å². The van der Waals surface area contributed by atoms with Crippen molar-refractivity contribution in [2.45, 2.75) is 25.9 Å². The lowest BCUT2D eigenvalue weighted by molar-refractivity contribution is -0.129. The normalized spacial score (nSPS) is 35.7. The van der Waals surface area contributed by atoms with Gasteiger partial charge in [-0.2, -0.15) is 0 Å². The summed E-state index contributed by atoms with van der Waals surface area (Å²) >= 11 is 2.34. The van der Waals surface area contributed by atoms with E-state index in [1.807, 2.05) is 4.90 Å². The molecule has 0 saturated carbocycles. The Hall–Kier alpha value is 0.160. The Kier molecular flexibility index (Phi) is 3.34. The van der Waals surface area contributed by atoms with Gasteiger partial charge in [0.15, 0.2) is 0 Å². The van der Waals surface area contributed by atoms with E-state index in [9.17, 15) is 4.79 Å². The first-order valence-corrected chi connectivity index (χ1v) is 5.69. The van der Waals surface area contributed by atoms with Gasteiger partial charge >= 0.3 is 0 Å². The lowest BCUT2D eigenvalue weighted by Crippen LogP contribution is -2.34. The SMILES string of the molecule is CC(=O)N1CC(N)C(CI)C1C. The van der Waals surface area contributed by atoms with Crippen molar-refractivity contribution < 1.29 is 4.79 Å². The Morgan fingerprint density at radius 1 is 1.75 bits per heavy atom. The molecule has 0 radical (unpaired) electrons. The van der Waals surface area contributed by atoms with Crippen molar-refractivity contribution in [1.82, 2.24) is 4.90 Å². The number of alkyl halides is 1. The summed E-state index contributed by atoms with van der Waals surface area (Å²) in [5.74, 6) is 0.611. The number of nitrogens with zero attached hydrogens (tertiary/aromatic N) is 1. The standard InChI is InChI=1S/C8H15IN2O/c1-5-7(3-9)8(10)4-11(5)6(2)12/h5,7-8H,3-4,10H2,1-2H3. The van der Waals surface area contributed by atoms with Crippen LogP contribution in [0.5, 0.6) is 0 Å². The predicted octanol–water partition coefficient (Wildman–Crippen LogP) is 0.615. The zero-order valence-electron chi connectivity index (χ0n) is 7.46. The third kappa shape index (κ3) is 1.74. The third-order valence-corrected chi connectivity index (χ3v) is 3.67. The lowest BCUT2D eigenvalue weighted by Gasteiger charge is -2.22. The maximum Gasteiger partial charge on any atom is 0.219 e. The van der Waals surface area contributed by atoms with Gasteiger partial charge in [0.2, 0.25) is 5.91 Å². The molecule has 3 atom stereocenters. The fourth-order valence-electron chi connectivity index (χ4n) is 1.78. The fraction of sp³-hybridized carbons (Fsp3) is 0.875. The molecule has 0 aromatic heterocycles. The fourth-order valence-corrected chi connectivity index (χ4v) is 3.17. The van der Waals surface area contributed by atoms with Crippen LogP contribution < -0.4 is 5.73 Å². The molecule has 0 bridgehead atoms. The van der Waals surface area contributed by atoms with E-state index in [1.165, 1.54) is 0 Å². The highest BCUT2D eigenvalue weighted by atomic mass is 127. The van der Waals surface area contributed by atoms with E-state index in [2.05, 4.69) is 29.5 Å². The minimum absolute atomic E-state index is 0.144. The van der Waals surface area contributed by atoms with Crippen molar-refractivity contribution >= 4 is 28.5 Å². The van der Waals surface area contributed by atoms with Crippen molar-refractivity contribution in [3.8, 4) is 0 Å². The van der Waals surface area contributed by atoms with E-state index in [1.54, 1.807) is 6.92 Å². The minimum Gasteiger partial charge on any atom is -0.338 e. The number of carbonyl (C=O) groups is 1. The van der Waals surface area contributed by atoms with Gasteiger partial charge in [-0.05, 0) is 6.92 Å². The van der Waals surface area contributed by atoms with Gasteiger partial charge in [0.05, 0.1) is 0 Å². The highest BCUT2D eigenvalue weighted by molar-refractivity contribution is 14.1. The van der Waals surface area contributed by atoms with Crippen LogP contribution in [0.3, 0.4) is 0 Å². The molecule has 1 heterocycles. The van der Waals surface area contributed by atoms with Gasteiger partial charge in [-0.1, -0.05) is 22.6 Å². The molecule has 1 saturated heterocycles. The minimum atomic E-state index is 0.144. The Morgan fingerprint density at radius 3 is 2.58 bits per heavy atom. The second kappa shape index (κ2) is 3.91. The first-order valence-electron chi connectivity index (χ1n) is 4.16. The van der Waals surface area contributed by atoms with E-state index in [0.717, 1.165) is 11.0 Å². The molecule has 1 rings (SSSR count). The molecule has 0 aliphatic carbocycles. The van der Waals surface area contributed by atoms with E-state index >= 15 is 0 Å². The molecule has 0 aromatic rings. The molecule has 4 heteroatoms. The molecule has 12 heavy (non-hydrogen) atoms. The predicted molar refractivity (Wildman–Crippen MR) is 57.2 cm³/mol. The highest BCUT2D eigenvalue weighted by Crippen LogP contribution is 2.24. The molecular formula is C8H15IN2O. The number of carbonyl (C=O) groups excluding carboxylic acids is 1. The van der Waals surface area contributed by atoms with Crippen LogP contribution in [0.1, 0.15) is 13.8 Å². The van der Waals surface area contributed by atoms with Crippen LogP contribution in [0.15, 0.2) is 0 Å². The van der Waals surface area contributed by atoms with Gasteiger partial charge in [-0.25, -0.2) is 0 Å². The number of likely N-dealkylation sites (tertiary alicyclic amines) is 1. The number of hydrogen-bond acceptors (Lipinski definition) is 2.